The first-order valence-electron chi connectivity index (χ1n) is 14.6. The summed E-state index contributed by atoms with van der Waals surface area (Å²) >= 11 is 1.31. The number of aryl methyl sites for hydroxylation is 1. The molecule has 1 unspecified atom stereocenters. The Morgan fingerprint density at radius 3 is 2.53 bits per heavy atom. The molecule has 1 amide bonds. The number of fused-ring (bicyclic) bond motifs is 1. The number of nitrogens with zero attached hydrogens (tertiary/aromatic N) is 2. The van der Waals surface area contributed by atoms with Crippen LogP contribution in [0.4, 0.5) is 5.13 Å². The van der Waals surface area contributed by atoms with Crippen molar-refractivity contribution in [3.63, 3.8) is 0 Å². The Bertz CT molecular complexity index is 1920. The molecule has 1 aromatic heterocycles. The summed E-state index contributed by atoms with van der Waals surface area (Å²) in [6.45, 7) is 4.82. The van der Waals surface area contributed by atoms with Gasteiger partial charge in [0.15, 0.2) is 16.6 Å². The van der Waals surface area contributed by atoms with Gasteiger partial charge < -0.3 is 19.3 Å². The summed E-state index contributed by atoms with van der Waals surface area (Å²) in [5.74, 6) is -0.421. The second kappa shape index (κ2) is 12.8. The van der Waals surface area contributed by atoms with Crippen LogP contribution in [0, 0.1) is 6.92 Å². The Hall–Kier alpha value is -5.15. The van der Waals surface area contributed by atoms with Crippen LogP contribution in [-0.4, -0.2) is 35.5 Å². The highest BCUT2D eigenvalue weighted by atomic mass is 32.1. The Kier molecular flexibility index (Phi) is 8.53. The van der Waals surface area contributed by atoms with Crippen molar-refractivity contribution in [3.8, 4) is 17.2 Å². The Labute approximate surface area is 265 Å². The molecule has 9 heteroatoms. The van der Waals surface area contributed by atoms with Crippen molar-refractivity contribution in [1.82, 2.24) is 4.98 Å². The summed E-state index contributed by atoms with van der Waals surface area (Å²) in [6.07, 6.45) is 0.815. The predicted molar refractivity (Wildman–Crippen MR) is 175 cm³/mol. The summed E-state index contributed by atoms with van der Waals surface area (Å²) in [6, 6.07) is 26.7. The van der Waals surface area contributed by atoms with E-state index in [9.17, 15) is 14.7 Å². The average molecular weight is 621 g/mol. The van der Waals surface area contributed by atoms with Crippen LogP contribution in [0.2, 0.25) is 0 Å². The number of ether oxygens (including phenoxy) is 3. The normalized spacial score (nSPS) is 15.9. The monoisotopic (exact) mass is 620 g/mol. The summed E-state index contributed by atoms with van der Waals surface area (Å²) in [4.78, 5) is 33.7. The highest BCUT2D eigenvalue weighted by molar-refractivity contribution is 7.22. The maximum atomic E-state index is 13.8. The van der Waals surface area contributed by atoms with Crippen molar-refractivity contribution in [2.75, 3.05) is 18.6 Å². The number of methoxy groups -OCH3 is 1. The lowest BCUT2D eigenvalue weighted by molar-refractivity contribution is -0.132. The van der Waals surface area contributed by atoms with Crippen LogP contribution < -0.4 is 19.1 Å². The first-order chi connectivity index (χ1) is 21.9. The van der Waals surface area contributed by atoms with Crippen molar-refractivity contribution >= 4 is 44.1 Å². The number of rotatable bonds is 10. The molecule has 228 valence electrons. The number of thiazole rings is 1. The maximum Gasteiger partial charge on any atom is 0.301 e. The number of anilines is 1. The third-order valence-electron chi connectivity index (χ3n) is 7.50. The second-order valence-electron chi connectivity index (χ2n) is 10.7. The maximum absolute atomic E-state index is 13.8. The molecule has 2 heterocycles. The van der Waals surface area contributed by atoms with E-state index < -0.39 is 17.7 Å². The van der Waals surface area contributed by atoms with E-state index >= 15 is 0 Å². The molecular formula is C36H32N2O6S. The van der Waals surface area contributed by atoms with Crippen LogP contribution >= 0.6 is 11.3 Å². The van der Waals surface area contributed by atoms with Crippen LogP contribution in [0.15, 0.2) is 96.6 Å². The van der Waals surface area contributed by atoms with E-state index in [1.54, 1.807) is 42.5 Å². The first kappa shape index (κ1) is 29.9. The Morgan fingerprint density at radius 1 is 0.933 bits per heavy atom. The summed E-state index contributed by atoms with van der Waals surface area (Å²) < 4.78 is 18.4. The smallest absolute Gasteiger partial charge is 0.301 e. The number of carbonyl (C=O) groups is 2. The molecule has 0 saturated carbocycles. The molecule has 1 aliphatic heterocycles. The lowest BCUT2D eigenvalue weighted by atomic mass is 9.95. The molecule has 0 radical (unpaired) electrons. The molecule has 0 aliphatic carbocycles. The fraction of sp³-hybridized carbons (Fsp3) is 0.194. The number of hydrogen-bond donors (Lipinski definition) is 1. The van der Waals surface area contributed by atoms with E-state index in [2.05, 4.69) is 0 Å². The quantitative estimate of drug-likeness (QED) is 0.0975. The van der Waals surface area contributed by atoms with Crippen LogP contribution in [0.25, 0.3) is 16.0 Å². The van der Waals surface area contributed by atoms with Gasteiger partial charge in [-0.25, -0.2) is 4.98 Å². The summed E-state index contributed by atoms with van der Waals surface area (Å²) in [5, 5.41) is 12.0. The van der Waals surface area contributed by atoms with Gasteiger partial charge in [-0.15, -0.1) is 0 Å². The molecule has 1 N–H and O–H groups in total. The Balaban J connectivity index is 1.47. The van der Waals surface area contributed by atoms with E-state index in [1.165, 1.54) is 23.3 Å². The van der Waals surface area contributed by atoms with E-state index in [0.29, 0.717) is 52.2 Å². The zero-order valence-corrected chi connectivity index (χ0v) is 26.0. The predicted octanol–water partition coefficient (Wildman–Crippen LogP) is 7.61. The number of aliphatic hydroxyl groups is 1. The lowest BCUT2D eigenvalue weighted by Crippen LogP contribution is -2.29. The SMILES string of the molecule is CCCOc1cccc(/C(O)=C2\C(=O)C(=O)N(c3nc4ccc(C)cc4s3)C2c2ccc(OCc3ccccc3)c(OC)c2)c1. The van der Waals surface area contributed by atoms with Crippen LogP contribution in [0.3, 0.4) is 0 Å². The van der Waals surface area contributed by atoms with Gasteiger partial charge in [0.05, 0.1) is 35.5 Å². The zero-order valence-electron chi connectivity index (χ0n) is 25.2. The highest BCUT2D eigenvalue weighted by Crippen LogP contribution is 2.46. The van der Waals surface area contributed by atoms with Crippen molar-refractivity contribution in [1.29, 1.82) is 0 Å². The molecular weight excluding hydrogens is 588 g/mol. The van der Waals surface area contributed by atoms with Gasteiger partial charge in [0.25, 0.3) is 5.78 Å². The number of Topliss-reactive ketones (excluding diaryl/α,β-unsaturated/α-hetero) is 1. The molecule has 1 saturated heterocycles. The van der Waals surface area contributed by atoms with Gasteiger partial charge in [0.2, 0.25) is 0 Å². The molecule has 45 heavy (non-hydrogen) atoms. The number of hydrogen-bond acceptors (Lipinski definition) is 8. The first-order valence-corrected chi connectivity index (χ1v) is 15.5. The third kappa shape index (κ3) is 5.99. The van der Waals surface area contributed by atoms with Crippen molar-refractivity contribution in [2.24, 2.45) is 0 Å². The van der Waals surface area contributed by atoms with E-state index in [-0.39, 0.29) is 11.3 Å². The molecule has 5 aromatic rings. The van der Waals surface area contributed by atoms with E-state index in [0.717, 1.165) is 22.2 Å². The number of benzene rings is 4. The largest absolute Gasteiger partial charge is 0.507 e. The van der Waals surface area contributed by atoms with Gasteiger partial charge in [0.1, 0.15) is 18.1 Å². The molecule has 1 aliphatic rings. The molecule has 1 fully saturated rings. The summed E-state index contributed by atoms with van der Waals surface area (Å²) in [5.41, 5.74) is 3.62. The minimum atomic E-state index is -0.982. The standard InChI is InChI=1S/C36H32N2O6S/c1-4-17-43-26-12-8-11-25(19-26)33(39)31-32(24-14-16-28(29(20-24)42-3)44-21-23-9-6-5-7-10-23)38(35(41)34(31)40)36-37-27-15-13-22(2)18-30(27)45-36/h5-16,18-20,32,39H,4,17,21H2,1-3H3/b33-31+. The second-order valence-corrected chi connectivity index (χ2v) is 11.7. The van der Waals surface area contributed by atoms with E-state index in [1.807, 2.05) is 62.4 Å². The number of carbonyl (C=O) groups excluding carboxylic acids is 2. The molecule has 6 rings (SSSR count). The van der Waals surface area contributed by atoms with Crippen molar-refractivity contribution in [2.45, 2.75) is 32.9 Å². The average Bonchev–Trinajstić information content (AvgIpc) is 3.60. The van der Waals surface area contributed by atoms with Gasteiger partial charge >= 0.3 is 5.91 Å². The fourth-order valence-electron chi connectivity index (χ4n) is 5.29. The zero-order chi connectivity index (χ0) is 31.5. The number of amides is 1. The minimum Gasteiger partial charge on any atom is -0.507 e. The van der Waals surface area contributed by atoms with Gasteiger partial charge in [0, 0.05) is 5.56 Å². The lowest BCUT2D eigenvalue weighted by Gasteiger charge is -2.24. The van der Waals surface area contributed by atoms with Gasteiger partial charge in [-0.2, -0.15) is 0 Å². The highest BCUT2D eigenvalue weighted by Gasteiger charge is 2.48. The third-order valence-corrected chi connectivity index (χ3v) is 8.52. The van der Waals surface area contributed by atoms with Gasteiger partial charge in [-0.05, 0) is 66.4 Å². The molecule has 1 atom stereocenters. The minimum absolute atomic E-state index is 0.0527. The number of aromatic nitrogens is 1. The van der Waals surface area contributed by atoms with Crippen LogP contribution in [0.5, 0.6) is 17.2 Å². The number of aliphatic hydroxyl groups excluding tert-OH is 1. The van der Waals surface area contributed by atoms with Gasteiger partial charge in [-0.3, -0.25) is 14.5 Å². The summed E-state index contributed by atoms with van der Waals surface area (Å²) in [7, 11) is 1.53. The van der Waals surface area contributed by atoms with E-state index in [4.69, 9.17) is 19.2 Å². The Morgan fingerprint density at radius 2 is 1.76 bits per heavy atom. The van der Waals surface area contributed by atoms with Crippen LogP contribution in [0.1, 0.15) is 41.6 Å². The van der Waals surface area contributed by atoms with Crippen molar-refractivity contribution in [3.05, 3.63) is 119 Å². The van der Waals surface area contributed by atoms with Crippen molar-refractivity contribution < 1.29 is 28.9 Å². The topological polar surface area (TPSA) is 98.2 Å². The number of ketones is 1. The molecule has 4 aromatic carbocycles. The van der Waals surface area contributed by atoms with Crippen LogP contribution in [-0.2, 0) is 16.2 Å². The molecule has 8 nitrogen and oxygen atoms in total. The molecule has 0 spiro atoms. The fourth-order valence-corrected chi connectivity index (χ4v) is 6.38. The molecule has 0 bridgehead atoms. The van der Waals surface area contributed by atoms with Gasteiger partial charge in [-0.1, -0.05) is 72.9 Å².